The standard InChI is InChI=1S/C15H24N4O2/c20-14(7-6-12-4-2-1-3-5-12)19-8-9-21-10-13(19)15-16-11-17-18-15/h11-13H,1-10H2,(H,16,17,18)/t13-/m1/s1. The molecule has 6 heteroatoms. The molecule has 1 atom stereocenters. The fourth-order valence-electron chi connectivity index (χ4n) is 3.45. The molecule has 0 radical (unpaired) electrons. The molecule has 2 heterocycles. The van der Waals surface area contributed by atoms with Gasteiger partial charge in [0.25, 0.3) is 0 Å². The summed E-state index contributed by atoms with van der Waals surface area (Å²) < 4.78 is 5.50. The number of hydrogen-bond donors (Lipinski definition) is 1. The molecule has 1 N–H and O–H groups in total. The van der Waals surface area contributed by atoms with Gasteiger partial charge >= 0.3 is 0 Å². The van der Waals surface area contributed by atoms with Crippen LogP contribution < -0.4 is 0 Å². The van der Waals surface area contributed by atoms with Gasteiger partial charge in [0.15, 0.2) is 0 Å². The molecule has 1 aromatic rings. The number of H-pyrrole nitrogens is 1. The molecule has 0 unspecified atom stereocenters. The Bertz CT molecular complexity index is 443. The molecule has 0 bridgehead atoms. The zero-order chi connectivity index (χ0) is 14.5. The van der Waals surface area contributed by atoms with Gasteiger partial charge in [0.1, 0.15) is 18.2 Å². The van der Waals surface area contributed by atoms with E-state index in [4.69, 9.17) is 4.74 Å². The predicted molar refractivity (Wildman–Crippen MR) is 77.5 cm³/mol. The first kappa shape index (κ1) is 14.5. The molecule has 1 amide bonds. The van der Waals surface area contributed by atoms with E-state index in [-0.39, 0.29) is 11.9 Å². The number of carbonyl (C=O) groups excluding carboxylic acids is 1. The highest BCUT2D eigenvalue weighted by molar-refractivity contribution is 5.76. The molecule has 1 aliphatic heterocycles. The summed E-state index contributed by atoms with van der Waals surface area (Å²) in [7, 11) is 0. The Morgan fingerprint density at radius 2 is 2.24 bits per heavy atom. The van der Waals surface area contributed by atoms with Crippen molar-refractivity contribution < 1.29 is 9.53 Å². The Balaban J connectivity index is 1.56. The highest BCUT2D eigenvalue weighted by atomic mass is 16.5. The van der Waals surface area contributed by atoms with Gasteiger partial charge in [-0.1, -0.05) is 32.1 Å². The second-order valence-electron chi connectivity index (χ2n) is 6.09. The van der Waals surface area contributed by atoms with Crippen LogP contribution in [0.25, 0.3) is 0 Å². The number of rotatable bonds is 4. The Hall–Kier alpha value is -1.43. The van der Waals surface area contributed by atoms with Crippen molar-refractivity contribution in [3.63, 3.8) is 0 Å². The van der Waals surface area contributed by atoms with E-state index in [1.54, 1.807) is 0 Å². The van der Waals surface area contributed by atoms with Gasteiger partial charge in [0.2, 0.25) is 5.91 Å². The second-order valence-corrected chi connectivity index (χ2v) is 6.09. The zero-order valence-electron chi connectivity index (χ0n) is 12.5. The summed E-state index contributed by atoms with van der Waals surface area (Å²) in [5, 5.41) is 6.74. The fraction of sp³-hybridized carbons (Fsp3) is 0.800. The highest BCUT2D eigenvalue weighted by Crippen LogP contribution is 2.28. The highest BCUT2D eigenvalue weighted by Gasteiger charge is 2.30. The molecule has 2 fully saturated rings. The van der Waals surface area contributed by atoms with Gasteiger partial charge in [-0.3, -0.25) is 9.89 Å². The average Bonchev–Trinajstić information content (AvgIpc) is 3.08. The quantitative estimate of drug-likeness (QED) is 0.922. The lowest BCUT2D eigenvalue weighted by molar-refractivity contribution is -0.140. The molecule has 1 aliphatic carbocycles. The topological polar surface area (TPSA) is 71.1 Å². The zero-order valence-corrected chi connectivity index (χ0v) is 12.5. The van der Waals surface area contributed by atoms with Crippen LogP contribution in [-0.4, -0.2) is 45.7 Å². The molecule has 0 spiro atoms. The van der Waals surface area contributed by atoms with Crippen molar-refractivity contribution in [1.29, 1.82) is 0 Å². The van der Waals surface area contributed by atoms with E-state index in [0.29, 0.717) is 26.2 Å². The fourth-order valence-corrected chi connectivity index (χ4v) is 3.45. The van der Waals surface area contributed by atoms with Gasteiger partial charge in [0.05, 0.1) is 13.2 Å². The molecule has 1 aromatic heterocycles. The number of amides is 1. The Morgan fingerprint density at radius 3 is 3.00 bits per heavy atom. The van der Waals surface area contributed by atoms with Crippen LogP contribution in [0.2, 0.25) is 0 Å². The molecule has 1 saturated heterocycles. The number of morpholine rings is 1. The minimum atomic E-state index is -0.111. The van der Waals surface area contributed by atoms with Crippen molar-refractivity contribution in [3.8, 4) is 0 Å². The lowest BCUT2D eigenvalue weighted by atomic mass is 9.86. The monoisotopic (exact) mass is 292 g/mol. The van der Waals surface area contributed by atoms with Crippen molar-refractivity contribution in [2.45, 2.75) is 51.0 Å². The van der Waals surface area contributed by atoms with Crippen LogP contribution in [0.5, 0.6) is 0 Å². The van der Waals surface area contributed by atoms with Crippen molar-refractivity contribution in [2.75, 3.05) is 19.8 Å². The molecule has 2 aliphatic rings. The van der Waals surface area contributed by atoms with Gasteiger partial charge in [-0.15, -0.1) is 0 Å². The second kappa shape index (κ2) is 7.02. The average molecular weight is 292 g/mol. The first-order valence-electron chi connectivity index (χ1n) is 8.07. The van der Waals surface area contributed by atoms with Gasteiger partial charge in [-0.25, -0.2) is 4.98 Å². The number of nitrogens with one attached hydrogen (secondary N) is 1. The minimum absolute atomic E-state index is 0.111. The number of aromatic nitrogens is 3. The Morgan fingerprint density at radius 1 is 1.38 bits per heavy atom. The number of hydrogen-bond acceptors (Lipinski definition) is 4. The van der Waals surface area contributed by atoms with Crippen LogP contribution in [0.4, 0.5) is 0 Å². The maximum Gasteiger partial charge on any atom is 0.223 e. The lowest BCUT2D eigenvalue weighted by Gasteiger charge is -2.34. The number of nitrogens with zero attached hydrogens (tertiary/aromatic N) is 3. The maximum absolute atomic E-state index is 12.6. The van der Waals surface area contributed by atoms with Crippen LogP contribution in [0.1, 0.15) is 56.8 Å². The van der Waals surface area contributed by atoms with E-state index in [2.05, 4.69) is 15.2 Å². The van der Waals surface area contributed by atoms with E-state index in [0.717, 1.165) is 18.2 Å². The van der Waals surface area contributed by atoms with Gasteiger partial charge in [0, 0.05) is 13.0 Å². The van der Waals surface area contributed by atoms with Crippen molar-refractivity contribution in [2.24, 2.45) is 5.92 Å². The third-order valence-corrected chi connectivity index (χ3v) is 4.69. The van der Waals surface area contributed by atoms with E-state index in [1.807, 2.05) is 4.90 Å². The molecule has 1 saturated carbocycles. The minimum Gasteiger partial charge on any atom is -0.377 e. The summed E-state index contributed by atoms with van der Waals surface area (Å²) in [6.45, 7) is 1.76. The third kappa shape index (κ3) is 3.61. The number of aromatic amines is 1. The number of ether oxygens (including phenoxy) is 1. The predicted octanol–water partition coefficient (Wildman–Crippen LogP) is 2.07. The Kier molecular flexibility index (Phi) is 4.85. The third-order valence-electron chi connectivity index (χ3n) is 4.69. The van der Waals surface area contributed by atoms with Gasteiger partial charge in [-0.2, -0.15) is 5.10 Å². The first-order valence-corrected chi connectivity index (χ1v) is 8.07. The van der Waals surface area contributed by atoms with Crippen LogP contribution in [0, 0.1) is 5.92 Å². The van der Waals surface area contributed by atoms with E-state index in [1.165, 1.54) is 38.4 Å². The van der Waals surface area contributed by atoms with Crippen LogP contribution >= 0.6 is 0 Å². The number of carbonyl (C=O) groups is 1. The largest absolute Gasteiger partial charge is 0.377 e. The van der Waals surface area contributed by atoms with Gasteiger partial charge < -0.3 is 9.64 Å². The molecule has 0 aromatic carbocycles. The van der Waals surface area contributed by atoms with E-state index < -0.39 is 0 Å². The first-order chi connectivity index (χ1) is 10.3. The SMILES string of the molecule is O=C(CCC1CCCCC1)N1CCOC[C@@H]1c1ncn[nH]1. The van der Waals surface area contributed by atoms with Crippen LogP contribution in [0.15, 0.2) is 6.33 Å². The van der Waals surface area contributed by atoms with E-state index >= 15 is 0 Å². The van der Waals surface area contributed by atoms with Crippen molar-refractivity contribution >= 4 is 5.91 Å². The summed E-state index contributed by atoms with van der Waals surface area (Å²) in [6, 6.07) is -0.111. The molecular formula is C15H24N4O2. The van der Waals surface area contributed by atoms with Crippen LogP contribution in [0.3, 0.4) is 0 Å². The summed E-state index contributed by atoms with van der Waals surface area (Å²) in [5.41, 5.74) is 0. The summed E-state index contributed by atoms with van der Waals surface area (Å²) in [4.78, 5) is 18.6. The van der Waals surface area contributed by atoms with Crippen LogP contribution in [-0.2, 0) is 9.53 Å². The molecule has 116 valence electrons. The molecule has 21 heavy (non-hydrogen) atoms. The smallest absolute Gasteiger partial charge is 0.223 e. The van der Waals surface area contributed by atoms with Crippen molar-refractivity contribution in [1.82, 2.24) is 20.1 Å². The summed E-state index contributed by atoms with van der Waals surface area (Å²) in [6.07, 6.45) is 9.77. The summed E-state index contributed by atoms with van der Waals surface area (Å²) >= 11 is 0. The van der Waals surface area contributed by atoms with E-state index in [9.17, 15) is 4.79 Å². The molecule has 6 nitrogen and oxygen atoms in total. The molecular weight excluding hydrogens is 268 g/mol. The van der Waals surface area contributed by atoms with Gasteiger partial charge in [-0.05, 0) is 12.3 Å². The summed E-state index contributed by atoms with van der Waals surface area (Å²) in [5.74, 6) is 1.69. The van der Waals surface area contributed by atoms with Crippen molar-refractivity contribution in [3.05, 3.63) is 12.2 Å². The maximum atomic E-state index is 12.6. The normalized spacial score (nSPS) is 24.2. The molecule has 3 rings (SSSR count). The Labute approximate surface area is 125 Å². The lowest BCUT2D eigenvalue weighted by Crippen LogP contribution is -2.44.